The lowest BCUT2D eigenvalue weighted by molar-refractivity contribution is -0.138. The first kappa shape index (κ1) is 15.2. The molecule has 1 aromatic carbocycles. The van der Waals surface area contributed by atoms with Gasteiger partial charge in [-0.05, 0) is 24.1 Å². The van der Waals surface area contributed by atoms with Crippen LogP contribution in [0.5, 0.6) is 0 Å². The maximum atomic E-state index is 12.5. The van der Waals surface area contributed by atoms with E-state index < -0.39 is 0 Å². The second-order valence-electron chi connectivity index (χ2n) is 5.84. The molecule has 5 heteroatoms. The van der Waals surface area contributed by atoms with Crippen LogP contribution in [0.2, 0.25) is 0 Å². The molecular formula is C18H18N2O3. The molecule has 0 aliphatic carbocycles. The summed E-state index contributed by atoms with van der Waals surface area (Å²) in [5.41, 5.74) is 1.52. The molecule has 0 spiro atoms. The van der Waals surface area contributed by atoms with Crippen molar-refractivity contribution in [2.45, 2.75) is 12.8 Å². The Hall–Kier alpha value is -2.69. The third-order valence-corrected chi connectivity index (χ3v) is 4.19. The van der Waals surface area contributed by atoms with Crippen molar-refractivity contribution < 1.29 is 14.4 Å². The number of imide groups is 1. The number of Topliss-reactive ketones (excluding diaryl/α,β-unsaturated/α-hetero) is 1. The quantitative estimate of drug-likeness (QED) is 0.625. The van der Waals surface area contributed by atoms with Gasteiger partial charge in [-0.1, -0.05) is 30.3 Å². The van der Waals surface area contributed by atoms with Crippen LogP contribution >= 0.6 is 0 Å². The summed E-state index contributed by atoms with van der Waals surface area (Å²) in [5.74, 6) is -1.11. The summed E-state index contributed by atoms with van der Waals surface area (Å²) < 4.78 is 1.69. The van der Waals surface area contributed by atoms with Crippen LogP contribution in [0.15, 0.2) is 48.7 Å². The van der Waals surface area contributed by atoms with Crippen molar-refractivity contribution in [2.24, 2.45) is 13.0 Å². The molecule has 0 saturated carbocycles. The van der Waals surface area contributed by atoms with Gasteiger partial charge in [0.2, 0.25) is 11.8 Å². The number of aromatic nitrogens is 1. The first-order chi connectivity index (χ1) is 11.1. The maximum absolute atomic E-state index is 12.5. The highest BCUT2D eigenvalue weighted by Gasteiger charge is 2.39. The average molecular weight is 310 g/mol. The Bertz CT molecular complexity index is 749. The zero-order chi connectivity index (χ0) is 16.4. The summed E-state index contributed by atoms with van der Waals surface area (Å²) >= 11 is 0. The number of nitrogens with zero attached hydrogens (tertiary/aromatic N) is 2. The maximum Gasteiger partial charge on any atom is 0.233 e. The van der Waals surface area contributed by atoms with E-state index in [0.29, 0.717) is 12.1 Å². The molecule has 1 fully saturated rings. The number of likely N-dealkylation sites (tertiary alicyclic amines) is 1. The topological polar surface area (TPSA) is 59.4 Å². The molecule has 2 heterocycles. The Kier molecular flexibility index (Phi) is 4.10. The molecule has 0 N–H and O–H groups in total. The zero-order valence-electron chi connectivity index (χ0n) is 12.9. The van der Waals surface area contributed by atoms with Gasteiger partial charge >= 0.3 is 0 Å². The molecule has 1 aliphatic rings. The number of hydrogen-bond donors (Lipinski definition) is 0. The van der Waals surface area contributed by atoms with Crippen molar-refractivity contribution in [1.82, 2.24) is 9.47 Å². The van der Waals surface area contributed by atoms with E-state index in [4.69, 9.17) is 0 Å². The molecule has 2 amide bonds. The van der Waals surface area contributed by atoms with Crippen molar-refractivity contribution in [3.8, 4) is 0 Å². The summed E-state index contributed by atoms with van der Waals surface area (Å²) in [6, 6.07) is 13.1. The van der Waals surface area contributed by atoms with Crippen LogP contribution in [-0.2, 0) is 23.1 Å². The van der Waals surface area contributed by atoms with E-state index in [2.05, 4.69) is 0 Å². The third kappa shape index (κ3) is 3.08. The molecule has 1 saturated heterocycles. The van der Waals surface area contributed by atoms with Gasteiger partial charge < -0.3 is 4.57 Å². The van der Waals surface area contributed by atoms with Gasteiger partial charge in [-0.25, -0.2) is 0 Å². The molecule has 1 atom stereocenters. The number of rotatable bonds is 5. The van der Waals surface area contributed by atoms with Crippen molar-refractivity contribution in [3.05, 3.63) is 59.9 Å². The smallest absolute Gasteiger partial charge is 0.233 e. The average Bonchev–Trinajstić information content (AvgIpc) is 3.07. The van der Waals surface area contributed by atoms with Crippen LogP contribution in [0, 0.1) is 5.92 Å². The van der Waals surface area contributed by atoms with Gasteiger partial charge in [0.15, 0.2) is 5.78 Å². The number of hydrogen-bond acceptors (Lipinski definition) is 3. The Morgan fingerprint density at radius 1 is 1.13 bits per heavy atom. The Labute approximate surface area is 134 Å². The van der Waals surface area contributed by atoms with Gasteiger partial charge in [0.25, 0.3) is 0 Å². The van der Waals surface area contributed by atoms with Crippen LogP contribution in [0.4, 0.5) is 0 Å². The third-order valence-electron chi connectivity index (χ3n) is 4.19. The van der Waals surface area contributed by atoms with Crippen molar-refractivity contribution in [3.63, 3.8) is 0 Å². The number of ketones is 1. The SMILES string of the molecule is Cn1cccc1C(=O)CN1C(=O)CC(Cc2ccccc2)C1=O. The lowest BCUT2D eigenvalue weighted by atomic mass is 9.98. The monoisotopic (exact) mass is 310 g/mol. The minimum atomic E-state index is -0.369. The van der Waals surface area contributed by atoms with E-state index in [0.717, 1.165) is 10.5 Å². The highest BCUT2D eigenvalue weighted by Crippen LogP contribution is 2.24. The molecule has 2 aromatic rings. The molecule has 0 radical (unpaired) electrons. The Morgan fingerprint density at radius 3 is 2.52 bits per heavy atom. The summed E-state index contributed by atoms with van der Waals surface area (Å²) in [5, 5.41) is 0. The minimum absolute atomic E-state index is 0.175. The van der Waals surface area contributed by atoms with E-state index in [-0.39, 0.29) is 36.5 Å². The fourth-order valence-corrected chi connectivity index (χ4v) is 2.95. The van der Waals surface area contributed by atoms with Crippen molar-refractivity contribution in [2.75, 3.05) is 6.54 Å². The molecule has 23 heavy (non-hydrogen) atoms. The summed E-state index contributed by atoms with van der Waals surface area (Å²) in [7, 11) is 1.76. The summed E-state index contributed by atoms with van der Waals surface area (Å²) in [6.07, 6.45) is 2.47. The van der Waals surface area contributed by atoms with Gasteiger partial charge in [-0.15, -0.1) is 0 Å². The predicted octanol–water partition coefficient (Wildman–Crippen LogP) is 1.83. The predicted molar refractivity (Wildman–Crippen MR) is 84.7 cm³/mol. The molecule has 0 bridgehead atoms. The molecule has 1 aliphatic heterocycles. The highest BCUT2D eigenvalue weighted by atomic mass is 16.2. The first-order valence-electron chi connectivity index (χ1n) is 7.59. The van der Waals surface area contributed by atoms with Crippen molar-refractivity contribution in [1.29, 1.82) is 0 Å². The highest BCUT2D eigenvalue weighted by molar-refractivity contribution is 6.08. The number of carbonyl (C=O) groups excluding carboxylic acids is 3. The second kappa shape index (κ2) is 6.20. The molecule has 118 valence electrons. The van der Waals surface area contributed by atoms with E-state index >= 15 is 0 Å². The Morgan fingerprint density at radius 2 is 1.87 bits per heavy atom. The first-order valence-corrected chi connectivity index (χ1v) is 7.59. The lowest BCUT2D eigenvalue weighted by Crippen LogP contribution is -2.36. The number of carbonyl (C=O) groups is 3. The van der Waals surface area contributed by atoms with E-state index in [1.165, 1.54) is 0 Å². The van der Waals surface area contributed by atoms with E-state index in [9.17, 15) is 14.4 Å². The van der Waals surface area contributed by atoms with Gasteiger partial charge in [0.05, 0.1) is 18.2 Å². The number of benzene rings is 1. The normalized spacial score (nSPS) is 17.8. The largest absolute Gasteiger partial charge is 0.348 e. The lowest BCUT2D eigenvalue weighted by Gasteiger charge is -2.14. The van der Waals surface area contributed by atoms with Crippen LogP contribution in [-0.4, -0.2) is 33.6 Å². The molecule has 1 unspecified atom stereocenters. The van der Waals surface area contributed by atoms with E-state index in [1.54, 1.807) is 29.9 Å². The summed E-state index contributed by atoms with van der Waals surface area (Å²) in [6.45, 7) is -0.180. The zero-order valence-corrected chi connectivity index (χ0v) is 12.9. The summed E-state index contributed by atoms with van der Waals surface area (Å²) in [4.78, 5) is 37.9. The van der Waals surface area contributed by atoms with Gasteiger partial charge in [0.1, 0.15) is 0 Å². The fourth-order valence-electron chi connectivity index (χ4n) is 2.95. The molecule has 3 rings (SSSR count). The molecule has 5 nitrogen and oxygen atoms in total. The van der Waals surface area contributed by atoms with Crippen LogP contribution in [0.1, 0.15) is 22.5 Å². The van der Waals surface area contributed by atoms with Crippen LogP contribution in [0.3, 0.4) is 0 Å². The van der Waals surface area contributed by atoms with Crippen LogP contribution in [0.25, 0.3) is 0 Å². The van der Waals surface area contributed by atoms with Gasteiger partial charge in [-0.2, -0.15) is 0 Å². The number of aryl methyl sites for hydroxylation is 1. The van der Waals surface area contributed by atoms with Crippen molar-refractivity contribution >= 4 is 17.6 Å². The molecule has 1 aromatic heterocycles. The minimum Gasteiger partial charge on any atom is -0.348 e. The Balaban J connectivity index is 1.69. The number of amides is 2. The fraction of sp³-hybridized carbons (Fsp3) is 0.278. The standard InChI is InChI=1S/C18H18N2O3/c1-19-9-5-8-15(19)16(21)12-20-17(22)11-14(18(20)23)10-13-6-3-2-4-7-13/h2-9,14H,10-12H2,1H3. The van der Waals surface area contributed by atoms with Gasteiger partial charge in [0, 0.05) is 19.7 Å². The van der Waals surface area contributed by atoms with E-state index in [1.807, 2.05) is 30.3 Å². The molecular weight excluding hydrogens is 292 g/mol. The van der Waals surface area contributed by atoms with Gasteiger partial charge in [-0.3, -0.25) is 19.3 Å². The second-order valence-corrected chi connectivity index (χ2v) is 5.84. The van der Waals surface area contributed by atoms with Crippen LogP contribution < -0.4 is 0 Å².